The molecule has 1 atom stereocenters. The molecule has 3 aromatic rings. The summed E-state index contributed by atoms with van der Waals surface area (Å²) in [7, 11) is 2.14. The number of rotatable bonds is 5. The smallest absolute Gasteiger partial charge is 0.143 e. The van der Waals surface area contributed by atoms with Crippen LogP contribution in [0.3, 0.4) is 0 Å². The summed E-state index contributed by atoms with van der Waals surface area (Å²) in [6.07, 6.45) is 5.58. The van der Waals surface area contributed by atoms with Crippen molar-refractivity contribution < 1.29 is 5.11 Å². The largest absolute Gasteiger partial charge is 0.508 e. The summed E-state index contributed by atoms with van der Waals surface area (Å²) in [6.45, 7) is 2.76. The van der Waals surface area contributed by atoms with Crippen molar-refractivity contribution in [2.24, 2.45) is 7.05 Å². The van der Waals surface area contributed by atoms with Crippen LogP contribution in [-0.2, 0) is 19.0 Å². The van der Waals surface area contributed by atoms with Crippen molar-refractivity contribution in [1.82, 2.24) is 19.7 Å². The minimum Gasteiger partial charge on any atom is -0.508 e. The van der Waals surface area contributed by atoms with E-state index in [1.54, 1.807) is 6.07 Å². The van der Waals surface area contributed by atoms with E-state index in [9.17, 15) is 5.11 Å². The van der Waals surface area contributed by atoms with Crippen LogP contribution in [0.4, 0.5) is 0 Å². The lowest BCUT2D eigenvalue weighted by Crippen LogP contribution is -2.24. The molecule has 0 amide bonds. The van der Waals surface area contributed by atoms with Crippen LogP contribution in [0.15, 0.2) is 48.5 Å². The molecule has 6 heteroatoms. The van der Waals surface area contributed by atoms with Gasteiger partial charge in [-0.25, -0.2) is 0 Å². The highest BCUT2D eigenvalue weighted by Crippen LogP contribution is 2.52. The van der Waals surface area contributed by atoms with Crippen LogP contribution in [0.1, 0.15) is 60.8 Å². The predicted molar refractivity (Wildman–Crippen MR) is 122 cm³/mol. The van der Waals surface area contributed by atoms with E-state index in [1.807, 2.05) is 12.1 Å². The number of phenolic OH excluding ortho intramolecular Hbond substituents is 1. The van der Waals surface area contributed by atoms with Gasteiger partial charge < -0.3 is 9.67 Å². The lowest BCUT2D eigenvalue weighted by molar-refractivity contribution is 0.271. The lowest BCUT2D eigenvalue weighted by Gasteiger charge is -2.21. The topological polar surface area (TPSA) is 54.2 Å². The summed E-state index contributed by atoms with van der Waals surface area (Å²) in [4.78, 5) is 2.42. The third-order valence-electron chi connectivity index (χ3n) is 7.04. The van der Waals surface area contributed by atoms with Gasteiger partial charge in [-0.05, 0) is 62.9 Å². The molecule has 2 fully saturated rings. The third kappa shape index (κ3) is 3.97. The Morgan fingerprint density at radius 1 is 1.06 bits per heavy atom. The zero-order valence-electron chi connectivity index (χ0n) is 18.0. The molecular weight excluding hydrogens is 408 g/mol. The van der Waals surface area contributed by atoms with E-state index in [4.69, 9.17) is 16.7 Å². The molecule has 2 heterocycles. The molecule has 0 radical (unpaired) electrons. The van der Waals surface area contributed by atoms with Crippen molar-refractivity contribution in [3.63, 3.8) is 0 Å². The first-order valence-corrected chi connectivity index (χ1v) is 11.6. The van der Waals surface area contributed by atoms with Gasteiger partial charge in [0.1, 0.15) is 17.4 Å². The number of aromatic nitrogens is 3. The zero-order valence-corrected chi connectivity index (χ0v) is 18.7. The Bertz CT molecular complexity index is 1060. The van der Waals surface area contributed by atoms with Gasteiger partial charge in [-0.3, -0.25) is 4.90 Å². The van der Waals surface area contributed by atoms with Crippen molar-refractivity contribution in [2.75, 3.05) is 13.1 Å². The fourth-order valence-corrected chi connectivity index (χ4v) is 5.29. The quantitative estimate of drug-likeness (QED) is 0.609. The van der Waals surface area contributed by atoms with E-state index in [1.165, 1.54) is 5.56 Å². The van der Waals surface area contributed by atoms with Crippen LogP contribution in [0.2, 0.25) is 5.02 Å². The standard InChI is InChI=1S/C25H29ClN4O/c1-29-23(27-28-24(29)25(12-13-25)20-7-3-2-4-8-20)18-6-5-14-30(15-11-18)17-19-9-10-21(26)16-22(19)31/h2-4,7-10,16,18,31H,5-6,11-15,17H2,1H3. The predicted octanol–water partition coefficient (Wildman–Crippen LogP) is 5.02. The van der Waals surface area contributed by atoms with E-state index in [-0.39, 0.29) is 11.2 Å². The van der Waals surface area contributed by atoms with Crippen LogP contribution >= 0.6 is 11.6 Å². The van der Waals surface area contributed by atoms with Gasteiger partial charge in [0.25, 0.3) is 0 Å². The number of benzene rings is 2. The number of halogens is 1. The maximum absolute atomic E-state index is 10.2. The molecule has 1 aliphatic carbocycles. The van der Waals surface area contributed by atoms with Gasteiger partial charge in [0.15, 0.2) is 0 Å². The first-order chi connectivity index (χ1) is 15.1. The second-order valence-corrected chi connectivity index (χ2v) is 9.50. The molecule has 1 aromatic heterocycles. The maximum Gasteiger partial charge on any atom is 0.143 e. The Hall–Kier alpha value is -2.37. The summed E-state index contributed by atoms with van der Waals surface area (Å²) in [5.41, 5.74) is 2.33. The van der Waals surface area contributed by atoms with Crippen LogP contribution in [0.5, 0.6) is 5.75 Å². The SMILES string of the molecule is Cn1c(C2CCCN(Cc3ccc(Cl)cc3O)CC2)nnc1C1(c2ccccc2)CC1. The summed E-state index contributed by atoms with van der Waals surface area (Å²) < 4.78 is 2.27. The highest BCUT2D eigenvalue weighted by Gasteiger charge is 2.50. The average molecular weight is 437 g/mol. The minimum atomic E-state index is 0.0458. The maximum atomic E-state index is 10.2. The number of aromatic hydroxyl groups is 1. The second kappa shape index (κ2) is 8.29. The number of hydrogen-bond acceptors (Lipinski definition) is 4. The Morgan fingerprint density at radius 2 is 1.87 bits per heavy atom. The van der Waals surface area contributed by atoms with Gasteiger partial charge in [-0.15, -0.1) is 10.2 Å². The number of hydrogen-bond donors (Lipinski definition) is 1. The van der Waals surface area contributed by atoms with Crippen molar-refractivity contribution in [3.05, 3.63) is 76.3 Å². The fraction of sp³-hybridized carbons (Fsp3) is 0.440. The number of likely N-dealkylation sites (tertiary alicyclic amines) is 1. The molecule has 0 spiro atoms. The molecule has 1 unspecified atom stereocenters. The molecule has 2 aromatic carbocycles. The van der Waals surface area contributed by atoms with Gasteiger partial charge in [-0.2, -0.15) is 0 Å². The van der Waals surface area contributed by atoms with Gasteiger partial charge in [0, 0.05) is 30.1 Å². The van der Waals surface area contributed by atoms with Gasteiger partial charge in [0.05, 0.1) is 5.41 Å². The average Bonchev–Trinajstić information content (AvgIpc) is 3.53. The minimum absolute atomic E-state index is 0.0458. The van der Waals surface area contributed by atoms with E-state index in [2.05, 4.69) is 51.9 Å². The number of phenols is 1. The van der Waals surface area contributed by atoms with E-state index in [0.717, 1.165) is 69.0 Å². The lowest BCUT2D eigenvalue weighted by atomic mass is 9.94. The first-order valence-electron chi connectivity index (χ1n) is 11.2. The molecule has 0 bridgehead atoms. The Labute approximate surface area is 188 Å². The summed E-state index contributed by atoms with van der Waals surface area (Å²) in [5, 5.41) is 20.2. The molecule has 31 heavy (non-hydrogen) atoms. The molecule has 1 aliphatic heterocycles. The van der Waals surface area contributed by atoms with Crippen LogP contribution in [0.25, 0.3) is 0 Å². The second-order valence-electron chi connectivity index (χ2n) is 9.07. The highest BCUT2D eigenvalue weighted by molar-refractivity contribution is 6.30. The summed E-state index contributed by atoms with van der Waals surface area (Å²) >= 11 is 5.98. The molecule has 5 rings (SSSR count). The molecule has 2 aliphatic rings. The third-order valence-corrected chi connectivity index (χ3v) is 7.28. The molecule has 1 saturated heterocycles. The van der Waals surface area contributed by atoms with Crippen molar-refractivity contribution in [2.45, 2.75) is 50.0 Å². The van der Waals surface area contributed by atoms with Crippen molar-refractivity contribution in [1.29, 1.82) is 0 Å². The molecular formula is C25H29ClN4O. The highest BCUT2D eigenvalue weighted by atomic mass is 35.5. The summed E-state index contributed by atoms with van der Waals surface area (Å²) in [6, 6.07) is 16.1. The fourth-order valence-electron chi connectivity index (χ4n) is 5.12. The van der Waals surface area contributed by atoms with E-state index < -0.39 is 0 Å². The Kier molecular flexibility index (Phi) is 5.49. The Balaban J connectivity index is 1.30. The first kappa shape index (κ1) is 20.5. The van der Waals surface area contributed by atoms with E-state index in [0.29, 0.717) is 10.9 Å². The molecule has 5 nitrogen and oxygen atoms in total. The molecule has 162 valence electrons. The van der Waals surface area contributed by atoms with Gasteiger partial charge >= 0.3 is 0 Å². The van der Waals surface area contributed by atoms with Crippen molar-refractivity contribution >= 4 is 11.6 Å². The van der Waals surface area contributed by atoms with Gasteiger partial charge in [0.2, 0.25) is 0 Å². The normalized spacial score (nSPS) is 21.0. The Morgan fingerprint density at radius 3 is 2.61 bits per heavy atom. The zero-order chi connectivity index (χ0) is 21.4. The van der Waals surface area contributed by atoms with Gasteiger partial charge in [-0.1, -0.05) is 48.0 Å². The van der Waals surface area contributed by atoms with Crippen LogP contribution in [0, 0.1) is 0 Å². The van der Waals surface area contributed by atoms with Crippen molar-refractivity contribution in [3.8, 4) is 5.75 Å². The van der Waals surface area contributed by atoms with E-state index >= 15 is 0 Å². The molecule has 1 saturated carbocycles. The summed E-state index contributed by atoms with van der Waals surface area (Å²) in [5.74, 6) is 2.93. The van der Waals surface area contributed by atoms with Crippen LogP contribution in [-0.4, -0.2) is 37.9 Å². The monoisotopic (exact) mass is 436 g/mol. The number of nitrogens with zero attached hydrogens (tertiary/aromatic N) is 4. The van der Waals surface area contributed by atoms with Crippen LogP contribution < -0.4 is 0 Å². The molecule has 1 N–H and O–H groups in total.